The lowest BCUT2D eigenvalue weighted by Gasteiger charge is -2.27. The van der Waals surface area contributed by atoms with Crippen molar-refractivity contribution in [3.8, 4) is 0 Å². The molecule has 2 atom stereocenters. The highest BCUT2D eigenvalue weighted by Crippen LogP contribution is 2.21. The molecule has 2 aromatic rings. The van der Waals surface area contributed by atoms with Crippen molar-refractivity contribution in [3.63, 3.8) is 0 Å². The van der Waals surface area contributed by atoms with E-state index < -0.39 is 0 Å². The molecule has 1 N–H and O–H groups in total. The molecule has 2 aromatic carbocycles. The van der Waals surface area contributed by atoms with Crippen LogP contribution in [0.3, 0.4) is 0 Å². The van der Waals surface area contributed by atoms with E-state index in [-0.39, 0.29) is 0 Å². The molecular weight excluding hydrogens is 270 g/mol. The lowest BCUT2D eigenvalue weighted by molar-refractivity contribution is 0.110. The van der Waals surface area contributed by atoms with Crippen molar-refractivity contribution in [2.45, 2.75) is 31.5 Å². The minimum Gasteiger partial charge on any atom is -0.377 e. The third-order valence-corrected chi connectivity index (χ3v) is 4.05. The van der Waals surface area contributed by atoms with Gasteiger partial charge >= 0.3 is 0 Å². The molecule has 1 aliphatic heterocycles. The van der Waals surface area contributed by atoms with Crippen LogP contribution >= 0.6 is 0 Å². The average molecular weight is 293 g/mol. The van der Waals surface area contributed by atoms with Gasteiger partial charge in [-0.1, -0.05) is 72.8 Å². The average Bonchev–Trinajstić information content (AvgIpc) is 2.61. The number of nitrogens with one attached hydrogen (secondary N) is 1. The molecule has 0 unspecified atom stereocenters. The van der Waals surface area contributed by atoms with Crippen molar-refractivity contribution in [3.05, 3.63) is 83.9 Å². The van der Waals surface area contributed by atoms with Crippen LogP contribution < -0.4 is 5.32 Å². The van der Waals surface area contributed by atoms with Gasteiger partial charge in [-0.25, -0.2) is 0 Å². The molecule has 0 radical (unpaired) electrons. The van der Waals surface area contributed by atoms with Crippen LogP contribution in [0.25, 0.3) is 0 Å². The van der Waals surface area contributed by atoms with Crippen LogP contribution in [0.1, 0.15) is 30.0 Å². The van der Waals surface area contributed by atoms with Crippen LogP contribution in [0.4, 0.5) is 0 Å². The summed E-state index contributed by atoms with van der Waals surface area (Å²) in [5, 5.41) is 3.70. The maximum atomic E-state index is 5.80. The molecular formula is C20H23NO. The molecule has 0 bridgehead atoms. The maximum Gasteiger partial charge on any atom is 0.0716 e. The summed E-state index contributed by atoms with van der Waals surface area (Å²) in [4.78, 5) is 0. The first kappa shape index (κ1) is 15.0. The molecule has 0 aliphatic carbocycles. The van der Waals surface area contributed by atoms with Crippen molar-refractivity contribution < 1.29 is 4.74 Å². The lowest BCUT2D eigenvalue weighted by Crippen LogP contribution is -2.35. The van der Waals surface area contributed by atoms with Crippen LogP contribution in [0.5, 0.6) is 0 Å². The molecule has 0 fully saturated rings. The first-order valence-electron chi connectivity index (χ1n) is 8.01. The Bertz CT molecular complexity index is 579. The quantitative estimate of drug-likeness (QED) is 0.635. The van der Waals surface area contributed by atoms with Gasteiger partial charge in [-0.2, -0.15) is 0 Å². The second-order valence-corrected chi connectivity index (χ2v) is 5.74. The third-order valence-electron chi connectivity index (χ3n) is 4.05. The molecule has 2 heteroatoms. The zero-order valence-electron chi connectivity index (χ0n) is 12.8. The summed E-state index contributed by atoms with van der Waals surface area (Å²) in [5.74, 6) is 0. The SMILES string of the molecule is C1=C[C@@H](c2ccccc2)N[C@@H](CCOCc2ccccc2)C1. The van der Waals surface area contributed by atoms with Crippen LogP contribution in [0, 0.1) is 0 Å². The van der Waals surface area contributed by atoms with Gasteiger partial charge in [0, 0.05) is 12.6 Å². The molecule has 0 saturated heterocycles. The molecule has 0 amide bonds. The molecule has 0 aromatic heterocycles. The van der Waals surface area contributed by atoms with Gasteiger partial charge in [0.05, 0.1) is 12.6 Å². The Kier molecular flexibility index (Phi) is 5.41. The Balaban J connectivity index is 1.43. The van der Waals surface area contributed by atoms with Gasteiger partial charge in [0.15, 0.2) is 0 Å². The van der Waals surface area contributed by atoms with Crippen molar-refractivity contribution in [2.24, 2.45) is 0 Å². The monoisotopic (exact) mass is 293 g/mol. The molecule has 0 saturated carbocycles. The minimum absolute atomic E-state index is 0.328. The largest absolute Gasteiger partial charge is 0.377 e. The standard InChI is InChI=1S/C20H23NO/c1-3-8-17(9-4-1)16-22-15-14-19-12-7-13-20(21-19)18-10-5-2-6-11-18/h1-11,13,19-21H,12,14-16H2/t19-,20+/m1/s1. The van der Waals surface area contributed by atoms with Crippen molar-refractivity contribution in [1.82, 2.24) is 5.32 Å². The first-order valence-corrected chi connectivity index (χ1v) is 8.01. The number of rotatable bonds is 6. The zero-order valence-corrected chi connectivity index (χ0v) is 12.8. The Morgan fingerprint density at radius 2 is 1.68 bits per heavy atom. The summed E-state index contributed by atoms with van der Waals surface area (Å²) >= 11 is 0. The fraction of sp³-hybridized carbons (Fsp3) is 0.300. The summed E-state index contributed by atoms with van der Waals surface area (Å²) in [6.07, 6.45) is 6.67. The summed E-state index contributed by atoms with van der Waals surface area (Å²) in [6, 6.07) is 21.8. The minimum atomic E-state index is 0.328. The van der Waals surface area contributed by atoms with Crippen molar-refractivity contribution in [1.29, 1.82) is 0 Å². The Morgan fingerprint density at radius 3 is 2.45 bits per heavy atom. The second kappa shape index (κ2) is 7.92. The molecule has 2 nitrogen and oxygen atoms in total. The highest BCUT2D eigenvalue weighted by molar-refractivity contribution is 5.24. The van der Waals surface area contributed by atoms with E-state index in [4.69, 9.17) is 4.74 Å². The van der Waals surface area contributed by atoms with Crippen molar-refractivity contribution >= 4 is 0 Å². The normalized spacial score (nSPS) is 20.9. The highest BCUT2D eigenvalue weighted by Gasteiger charge is 2.17. The predicted octanol–water partition coefficient (Wildman–Crippen LogP) is 4.25. The fourth-order valence-corrected chi connectivity index (χ4v) is 2.82. The highest BCUT2D eigenvalue weighted by atomic mass is 16.5. The van der Waals surface area contributed by atoms with Gasteiger partial charge in [-0.3, -0.25) is 0 Å². The van der Waals surface area contributed by atoms with E-state index >= 15 is 0 Å². The summed E-state index contributed by atoms with van der Waals surface area (Å²) in [5.41, 5.74) is 2.56. The van der Waals surface area contributed by atoms with Gasteiger partial charge in [-0.05, 0) is 24.0 Å². The second-order valence-electron chi connectivity index (χ2n) is 5.74. The van der Waals surface area contributed by atoms with Crippen LogP contribution in [-0.2, 0) is 11.3 Å². The number of benzene rings is 2. The first-order chi connectivity index (χ1) is 10.9. The summed E-state index contributed by atoms with van der Waals surface area (Å²) in [6.45, 7) is 1.49. The smallest absolute Gasteiger partial charge is 0.0716 e. The van der Waals surface area contributed by atoms with Gasteiger partial charge in [0.1, 0.15) is 0 Å². The Labute approximate surface area is 132 Å². The van der Waals surface area contributed by atoms with Gasteiger partial charge in [-0.15, -0.1) is 0 Å². The molecule has 0 spiro atoms. The number of hydrogen-bond donors (Lipinski definition) is 1. The predicted molar refractivity (Wildman–Crippen MR) is 90.6 cm³/mol. The lowest BCUT2D eigenvalue weighted by atomic mass is 9.98. The Morgan fingerprint density at radius 1 is 0.955 bits per heavy atom. The van der Waals surface area contributed by atoms with E-state index in [1.807, 2.05) is 6.07 Å². The van der Waals surface area contributed by atoms with Crippen molar-refractivity contribution in [2.75, 3.05) is 6.61 Å². The third kappa shape index (κ3) is 4.30. The summed E-state index contributed by atoms with van der Waals surface area (Å²) in [7, 11) is 0. The Hall–Kier alpha value is -1.90. The van der Waals surface area contributed by atoms with E-state index in [2.05, 4.69) is 72.1 Å². The van der Waals surface area contributed by atoms with E-state index in [9.17, 15) is 0 Å². The zero-order chi connectivity index (χ0) is 15.0. The van der Waals surface area contributed by atoms with Gasteiger partial charge in [0.25, 0.3) is 0 Å². The molecule has 1 heterocycles. The number of hydrogen-bond acceptors (Lipinski definition) is 2. The summed E-state index contributed by atoms with van der Waals surface area (Å²) < 4.78 is 5.80. The van der Waals surface area contributed by atoms with E-state index in [1.165, 1.54) is 11.1 Å². The maximum absolute atomic E-state index is 5.80. The molecule has 22 heavy (non-hydrogen) atoms. The molecule has 3 rings (SSSR count). The number of ether oxygens (including phenoxy) is 1. The van der Waals surface area contributed by atoms with E-state index in [0.717, 1.165) is 19.4 Å². The van der Waals surface area contributed by atoms with E-state index in [1.54, 1.807) is 0 Å². The van der Waals surface area contributed by atoms with Crippen LogP contribution in [-0.4, -0.2) is 12.6 Å². The fourth-order valence-electron chi connectivity index (χ4n) is 2.82. The molecule has 114 valence electrons. The van der Waals surface area contributed by atoms with Crippen LogP contribution in [0.2, 0.25) is 0 Å². The van der Waals surface area contributed by atoms with Gasteiger partial charge < -0.3 is 10.1 Å². The van der Waals surface area contributed by atoms with Gasteiger partial charge in [0.2, 0.25) is 0 Å². The van der Waals surface area contributed by atoms with Crippen LogP contribution in [0.15, 0.2) is 72.8 Å². The topological polar surface area (TPSA) is 21.3 Å². The molecule has 1 aliphatic rings. The van der Waals surface area contributed by atoms with E-state index in [0.29, 0.717) is 18.7 Å².